The molecule has 1 aromatic carbocycles. The Morgan fingerprint density at radius 2 is 1.81 bits per heavy atom. The minimum Gasteiger partial charge on any atom is -0.352 e. The molecule has 0 aliphatic carbocycles. The Labute approximate surface area is 127 Å². The third-order valence-corrected chi connectivity index (χ3v) is 4.51. The summed E-state index contributed by atoms with van der Waals surface area (Å²) in [6.07, 6.45) is 1.92. The molecule has 5 nitrogen and oxygen atoms in total. The van der Waals surface area contributed by atoms with Crippen molar-refractivity contribution in [1.29, 1.82) is 0 Å². The van der Waals surface area contributed by atoms with E-state index in [1.165, 1.54) is 4.31 Å². The van der Waals surface area contributed by atoms with Crippen LogP contribution in [0.1, 0.15) is 31.4 Å². The lowest BCUT2D eigenvalue weighted by Gasteiger charge is -2.26. The summed E-state index contributed by atoms with van der Waals surface area (Å²) < 4.78 is 25.3. The molecule has 0 saturated carbocycles. The summed E-state index contributed by atoms with van der Waals surface area (Å²) in [5.74, 6) is -0.294. The topological polar surface area (TPSA) is 66.5 Å². The molecule has 0 aromatic heterocycles. The van der Waals surface area contributed by atoms with Gasteiger partial charge in [-0.3, -0.25) is 9.10 Å². The quantitative estimate of drug-likeness (QED) is 0.873. The molecule has 1 rings (SSSR count). The lowest BCUT2D eigenvalue weighted by atomic mass is 10.1. The van der Waals surface area contributed by atoms with Gasteiger partial charge in [-0.2, -0.15) is 0 Å². The van der Waals surface area contributed by atoms with Crippen molar-refractivity contribution in [2.75, 3.05) is 17.1 Å². The number of para-hydroxylation sites is 1. The molecule has 21 heavy (non-hydrogen) atoms. The van der Waals surface area contributed by atoms with Gasteiger partial charge >= 0.3 is 0 Å². The normalized spacial score (nSPS) is 12.8. The van der Waals surface area contributed by atoms with Crippen LogP contribution in [-0.4, -0.2) is 33.2 Å². The average molecular weight is 312 g/mol. The number of benzene rings is 1. The summed E-state index contributed by atoms with van der Waals surface area (Å²) in [5, 5.41) is 2.80. The number of sulfonamides is 1. The van der Waals surface area contributed by atoms with Gasteiger partial charge in [-0.15, -0.1) is 0 Å². The predicted molar refractivity (Wildman–Crippen MR) is 86.0 cm³/mol. The second-order valence-electron chi connectivity index (χ2n) is 5.39. The number of hydrogen-bond acceptors (Lipinski definition) is 3. The number of carbonyl (C=O) groups excluding carboxylic acids is 1. The first-order valence-electron chi connectivity index (χ1n) is 7.00. The maximum Gasteiger partial charge on any atom is 0.240 e. The molecule has 0 heterocycles. The summed E-state index contributed by atoms with van der Waals surface area (Å²) in [6, 6.07) is 5.57. The maximum atomic E-state index is 12.1. The van der Waals surface area contributed by atoms with Crippen LogP contribution in [0, 0.1) is 13.8 Å². The molecular weight excluding hydrogens is 288 g/mol. The fourth-order valence-corrected chi connectivity index (χ4v) is 3.09. The molecule has 0 spiro atoms. The molecule has 1 atom stereocenters. The highest BCUT2D eigenvalue weighted by Gasteiger charge is 2.24. The molecule has 0 saturated heterocycles. The van der Waals surface area contributed by atoms with Crippen molar-refractivity contribution in [2.45, 2.75) is 40.2 Å². The van der Waals surface area contributed by atoms with Crippen LogP contribution >= 0.6 is 0 Å². The van der Waals surface area contributed by atoms with Crippen molar-refractivity contribution >= 4 is 21.6 Å². The molecule has 0 bridgehead atoms. The predicted octanol–water partition coefficient (Wildman–Crippen LogP) is 1.98. The number of nitrogens with zero attached hydrogens (tertiary/aromatic N) is 1. The van der Waals surface area contributed by atoms with Crippen LogP contribution in [-0.2, 0) is 14.8 Å². The fourth-order valence-electron chi connectivity index (χ4n) is 2.11. The number of rotatable bonds is 6. The van der Waals surface area contributed by atoms with E-state index in [-0.39, 0.29) is 18.5 Å². The van der Waals surface area contributed by atoms with E-state index in [2.05, 4.69) is 5.32 Å². The first-order valence-corrected chi connectivity index (χ1v) is 8.85. The van der Waals surface area contributed by atoms with Crippen molar-refractivity contribution in [2.24, 2.45) is 0 Å². The summed E-state index contributed by atoms with van der Waals surface area (Å²) in [5.41, 5.74) is 2.24. The Hall–Kier alpha value is -1.56. The Bertz CT molecular complexity index is 591. The van der Waals surface area contributed by atoms with Crippen LogP contribution in [0.3, 0.4) is 0 Å². The molecule has 0 radical (unpaired) electrons. The number of hydrogen-bond donors (Lipinski definition) is 1. The summed E-state index contributed by atoms with van der Waals surface area (Å²) >= 11 is 0. The second kappa shape index (κ2) is 6.93. The van der Waals surface area contributed by atoms with Crippen molar-refractivity contribution in [3.05, 3.63) is 29.3 Å². The van der Waals surface area contributed by atoms with Crippen molar-refractivity contribution in [3.63, 3.8) is 0 Å². The van der Waals surface area contributed by atoms with Crippen LogP contribution < -0.4 is 9.62 Å². The molecule has 1 unspecified atom stereocenters. The van der Waals surface area contributed by atoms with Gasteiger partial charge in [0.2, 0.25) is 15.9 Å². The lowest BCUT2D eigenvalue weighted by Crippen LogP contribution is -2.43. The molecule has 6 heteroatoms. The summed E-state index contributed by atoms with van der Waals surface area (Å²) in [7, 11) is -3.53. The minimum atomic E-state index is -3.53. The van der Waals surface area contributed by atoms with Crippen LogP contribution in [0.15, 0.2) is 18.2 Å². The first kappa shape index (κ1) is 17.5. The van der Waals surface area contributed by atoms with Gasteiger partial charge in [-0.25, -0.2) is 8.42 Å². The van der Waals surface area contributed by atoms with E-state index in [0.717, 1.165) is 23.8 Å². The highest BCUT2D eigenvalue weighted by atomic mass is 32.2. The Kier molecular flexibility index (Phi) is 5.78. The van der Waals surface area contributed by atoms with Gasteiger partial charge in [0.05, 0.1) is 11.9 Å². The highest BCUT2D eigenvalue weighted by molar-refractivity contribution is 7.92. The van der Waals surface area contributed by atoms with E-state index in [0.29, 0.717) is 5.69 Å². The number of carbonyl (C=O) groups is 1. The lowest BCUT2D eigenvalue weighted by molar-refractivity contribution is -0.120. The average Bonchev–Trinajstić information content (AvgIpc) is 2.35. The Balaban J connectivity index is 3.12. The molecule has 118 valence electrons. The van der Waals surface area contributed by atoms with Crippen LogP contribution in [0.4, 0.5) is 5.69 Å². The van der Waals surface area contributed by atoms with E-state index >= 15 is 0 Å². The van der Waals surface area contributed by atoms with Crippen LogP contribution in [0.5, 0.6) is 0 Å². The smallest absolute Gasteiger partial charge is 0.240 e. The van der Waals surface area contributed by atoms with E-state index < -0.39 is 10.0 Å². The number of aryl methyl sites for hydroxylation is 2. The molecule has 1 aromatic rings. The molecule has 0 aliphatic heterocycles. The van der Waals surface area contributed by atoms with Gasteiger partial charge in [0.1, 0.15) is 6.54 Å². The van der Waals surface area contributed by atoms with E-state index in [1.54, 1.807) is 0 Å². The number of amides is 1. The molecule has 0 aliphatic rings. The zero-order valence-electron chi connectivity index (χ0n) is 13.3. The standard InChI is InChI=1S/C15H24N2O3S/c1-6-13(4)16-14(18)10-17(21(5,19)20)15-11(2)8-7-9-12(15)3/h7-9,13H,6,10H2,1-5H3,(H,16,18). The molecule has 1 amide bonds. The first-order chi connectivity index (χ1) is 9.66. The largest absolute Gasteiger partial charge is 0.352 e. The number of anilines is 1. The van der Waals surface area contributed by atoms with Gasteiger partial charge in [0.25, 0.3) is 0 Å². The molecule has 0 fully saturated rings. The fraction of sp³-hybridized carbons (Fsp3) is 0.533. The van der Waals surface area contributed by atoms with Gasteiger partial charge in [0, 0.05) is 6.04 Å². The van der Waals surface area contributed by atoms with Gasteiger partial charge in [-0.05, 0) is 38.3 Å². The SMILES string of the molecule is CCC(C)NC(=O)CN(c1c(C)cccc1C)S(C)(=O)=O. The third kappa shape index (κ3) is 4.74. The van der Waals surface area contributed by atoms with Gasteiger partial charge in [-0.1, -0.05) is 25.1 Å². The van der Waals surface area contributed by atoms with E-state index in [1.807, 2.05) is 45.9 Å². The molecule has 1 N–H and O–H groups in total. The second-order valence-corrected chi connectivity index (χ2v) is 7.29. The molecular formula is C15H24N2O3S. The monoisotopic (exact) mass is 312 g/mol. The van der Waals surface area contributed by atoms with Crippen LogP contribution in [0.25, 0.3) is 0 Å². The van der Waals surface area contributed by atoms with Gasteiger partial charge < -0.3 is 5.32 Å². The summed E-state index contributed by atoms with van der Waals surface area (Å²) in [6.45, 7) is 7.33. The van der Waals surface area contributed by atoms with Crippen molar-refractivity contribution in [1.82, 2.24) is 5.32 Å². The third-order valence-electron chi connectivity index (χ3n) is 3.40. The van der Waals surface area contributed by atoms with Crippen LogP contribution in [0.2, 0.25) is 0 Å². The van der Waals surface area contributed by atoms with Crippen molar-refractivity contribution < 1.29 is 13.2 Å². The number of nitrogens with one attached hydrogen (secondary N) is 1. The zero-order chi connectivity index (χ0) is 16.2. The van der Waals surface area contributed by atoms with E-state index in [9.17, 15) is 13.2 Å². The van der Waals surface area contributed by atoms with Crippen molar-refractivity contribution in [3.8, 4) is 0 Å². The van der Waals surface area contributed by atoms with E-state index in [4.69, 9.17) is 0 Å². The maximum absolute atomic E-state index is 12.1. The summed E-state index contributed by atoms with van der Waals surface area (Å²) in [4.78, 5) is 12.0. The zero-order valence-corrected chi connectivity index (χ0v) is 14.1. The van der Waals surface area contributed by atoms with Gasteiger partial charge in [0.15, 0.2) is 0 Å². The minimum absolute atomic E-state index is 0.0249. The Morgan fingerprint density at radius 1 is 1.29 bits per heavy atom. The highest BCUT2D eigenvalue weighted by Crippen LogP contribution is 2.26. The Morgan fingerprint density at radius 3 is 2.24 bits per heavy atom.